The fourth-order valence-corrected chi connectivity index (χ4v) is 1.94. The van der Waals surface area contributed by atoms with Crippen molar-refractivity contribution in [2.24, 2.45) is 7.05 Å². The molecule has 1 unspecified atom stereocenters. The first kappa shape index (κ1) is 11.8. The quantitative estimate of drug-likeness (QED) is 0.875. The summed E-state index contributed by atoms with van der Waals surface area (Å²) in [5.41, 5.74) is 3.47. The molecule has 0 spiro atoms. The van der Waals surface area contributed by atoms with Gasteiger partial charge < -0.3 is 5.32 Å². The third-order valence-electron chi connectivity index (χ3n) is 2.91. The zero-order valence-electron chi connectivity index (χ0n) is 10.5. The summed E-state index contributed by atoms with van der Waals surface area (Å²) in [5.74, 6) is 0. The first-order valence-electron chi connectivity index (χ1n) is 5.90. The van der Waals surface area contributed by atoms with Crippen molar-refractivity contribution in [2.45, 2.75) is 19.9 Å². The predicted molar refractivity (Wildman–Crippen MR) is 68.5 cm³/mol. The first-order valence-corrected chi connectivity index (χ1v) is 5.90. The lowest BCUT2D eigenvalue weighted by Crippen LogP contribution is -2.17. The summed E-state index contributed by atoms with van der Waals surface area (Å²) in [6, 6.07) is 8.85. The van der Waals surface area contributed by atoms with E-state index in [0.29, 0.717) is 6.04 Å². The summed E-state index contributed by atoms with van der Waals surface area (Å²) >= 11 is 0. The van der Waals surface area contributed by atoms with Gasteiger partial charge in [0.25, 0.3) is 0 Å². The van der Waals surface area contributed by atoms with Crippen molar-refractivity contribution in [3.05, 3.63) is 36.0 Å². The number of aromatic nitrogens is 3. The van der Waals surface area contributed by atoms with Crippen LogP contribution in [0.3, 0.4) is 0 Å². The SMILES string of the molecule is CCNC(C)c1cccc(-c2cnnn2C)c1. The molecule has 0 aliphatic heterocycles. The van der Waals surface area contributed by atoms with E-state index in [4.69, 9.17) is 0 Å². The highest BCUT2D eigenvalue weighted by atomic mass is 15.4. The Balaban J connectivity index is 2.32. The Morgan fingerprint density at radius 3 is 2.88 bits per heavy atom. The maximum Gasteiger partial charge on any atom is 0.0882 e. The average Bonchev–Trinajstić information content (AvgIpc) is 2.76. The van der Waals surface area contributed by atoms with Crippen LogP contribution in [0.2, 0.25) is 0 Å². The topological polar surface area (TPSA) is 42.7 Å². The molecule has 0 radical (unpaired) electrons. The molecule has 0 saturated heterocycles. The highest BCUT2D eigenvalue weighted by molar-refractivity contribution is 5.59. The van der Waals surface area contributed by atoms with Crippen LogP contribution >= 0.6 is 0 Å². The van der Waals surface area contributed by atoms with Gasteiger partial charge >= 0.3 is 0 Å². The fraction of sp³-hybridized carbons (Fsp3) is 0.385. The van der Waals surface area contributed by atoms with Gasteiger partial charge in [0, 0.05) is 18.7 Å². The van der Waals surface area contributed by atoms with Crippen molar-refractivity contribution in [1.82, 2.24) is 20.3 Å². The largest absolute Gasteiger partial charge is 0.310 e. The van der Waals surface area contributed by atoms with Crippen molar-refractivity contribution in [2.75, 3.05) is 6.54 Å². The number of benzene rings is 1. The van der Waals surface area contributed by atoms with Gasteiger partial charge in [0.05, 0.1) is 11.9 Å². The van der Waals surface area contributed by atoms with Gasteiger partial charge in [-0.25, -0.2) is 4.68 Å². The van der Waals surface area contributed by atoms with Crippen LogP contribution in [-0.4, -0.2) is 21.5 Å². The van der Waals surface area contributed by atoms with Crippen LogP contribution in [-0.2, 0) is 7.05 Å². The minimum atomic E-state index is 0.362. The zero-order chi connectivity index (χ0) is 12.3. The maximum atomic E-state index is 3.95. The van der Waals surface area contributed by atoms with E-state index in [0.717, 1.165) is 17.8 Å². The van der Waals surface area contributed by atoms with E-state index in [1.54, 1.807) is 10.9 Å². The smallest absolute Gasteiger partial charge is 0.0882 e. The van der Waals surface area contributed by atoms with Gasteiger partial charge in [0.15, 0.2) is 0 Å². The van der Waals surface area contributed by atoms with Gasteiger partial charge in [0.2, 0.25) is 0 Å². The van der Waals surface area contributed by atoms with Crippen LogP contribution in [0, 0.1) is 0 Å². The molecular weight excluding hydrogens is 212 g/mol. The van der Waals surface area contributed by atoms with Crippen LogP contribution in [0.5, 0.6) is 0 Å². The molecule has 1 N–H and O–H groups in total. The van der Waals surface area contributed by atoms with E-state index in [-0.39, 0.29) is 0 Å². The number of hydrogen-bond donors (Lipinski definition) is 1. The summed E-state index contributed by atoms with van der Waals surface area (Å²) in [5, 5.41) is 11.3. The highest BCUT2D eigenvalue weighted by Crippen LogP contribution is 2.21. The summed E-state index contributed by atoms with van der Waals surface area (Å²) in [7, 11) is 1.91. The Kier molecular flexibility index (Phi) is 3.54. The van der Waals surface area contributed by atoms with Crippen molar-refractivity contribution in [3.8, 4) is 11.3 Å². The lowest BCUT2D eigenvalue weighted by atomic mass is 10.0. The minimum Gasteiger partial charge on any atom is -0.310 e. The first-order chi connectivity index (χ1) is 8.22. The summed E-state index contributed by atoms with van der Waals surface area (Å²) in [6.07, 6.45) is 1.79. The van der Waals surface area contributed by atoms with Gasteiger partial charge in [-0.3, -0.25) is 0 Å². The number of nitrogens with one attached hydrogen (secondary N) is 1. The molecule has 0 aliphatic carbocycles. The van der Waals surface area contributed by atoms with Gasteiger partial charge in [0.1, 0.15) is 0 Å². The molecule has 1 heterocycles. The van der Waals surface area contributed by atoms with Crippen LogP contribution in [0.15, 0.2) is 30.5 Å². The second-order valence-corrected chi connectivity index (χ2v) is 4.15. The van der Waals surface area contributed by atoms with Crippen molar-refractivity contribution in [3.63, 3.8) is 0 Å². The standard InChI is InChI=1S/C13H18N4/c1-4-14-10(2)11-6-5-7-12(8-11)13-9-15-16-17(13)3/h5-10,14H,4H2,1-3H3. The third kappa shape index (κ3) is 2.53. The molecule has 0 aliphatic rings. The predicted octanol–water partition coefficient (Wildman–Crippen LogP) is 2.15. The Morgan fingerprint density at radius 1 is 1.41 bits per heavy atom. The monoisotopic (exact) mass is 230 g/mol. The zero-order valence-corrected chi connectivity index (χ0v) is 10.5. The molecule has 0 bridgehead atoms. The van der Waals surface area contributed by atoms with Crippen LogP contribution in [0.25, 0.3) is 11.3 Å². The molecule has 0 amide bonds. The normalized spacial score (nSPS) is 12.6. The molecule has 2 aromatic rings. The molecule has 1 aromatic carbocycles. The molecule has 17 heavy (non-hydrogen) atoms. The molecular formula is C13H18N4. The van der Waals surface area contributed by atoms with Crippen molar-refractivity contribution in [1.29, 1.82) is 0 Å². The molecule has 1 aromatic heterocycles. The van der Waals surface area contributed by atoms with E-state index < -0.39 is 0 Å². The third-order valence-corrected chi connectivity index (χ3v) is 2.91. The lowest BCUT2D eigenvalue weighted by Gasteiger charge is -2.13. The highest BCUT2D eigenvalue weighted by Gasteiger charge is 2.07. The van der Waals surface area contributed by atoms with Crippen molar-refractivity contribution >= 4 is 0 Å². The molecule has 1 atom stereocenters. The molecule has 90 valence electrons. The maximum absolute atomic E-state index is 3.95. The van der Waals surface area contributed by atoms with Gasteiger partial charge in [-0.1, -0.05) is 30.3 Å². The molecule has 4 nitrogen and oxygen atoms in total. The second kappa shape index (κ2) is 5.10. The second-order valence-electron chi connectivity index (χ2n) is 4.15. The summed E-state index contributed by atoms with van der Waals surface area (Å²) in [4.78, 5) is 0. The van der Waals surface area contributed by atoms with Crippen LogP contribution < -0.4 is 5.32 Å². The molecule has 0 saturated carbocycles. The van der Waals surface area contributed by atoms with E-state index in [9.17, 15) is 0 Å². The van der Waals surface area contributed by atoms with Crippen LogP contribution in [0.4, 0.5) is 0 Å². The number of rotatable bonds is 4. The Hall–Kier alpha value is -1.68. The van der Waals surface area contributed by atoms with E-state index in [1.165, 1.54) is 5.56 Å². The Bertz CT molecular complexity index is 490. The number of aryl methyl sites for hydroxylation is 1. The molecule has 4 heteroatoms. The summed E-state index contributed by atoms with van der Waals surface area (Å²) in [6.45, 7) is 5.26. The van der Waals surface area contributed by atoms with E-state index in [2.05, 4.69) is 53.7 Å². The van der Waals surface area contributed by atoms with E-state index in [1.807, 2.05) is 7.05 Å². The van der Waals surface area contributed by atoms with Crippen molar-refractivity contribution < 1.29 is 0 Å². The number of nitrogens with zero attached hydrogens (tertiary/aromatic N) is 3. The minimum absolute atomic E-state index is 0.362. The lowest BCUT2D eigenvalue weighted by molar-refractivity contribution is 0.598. The van der Waals surface area contributed by atoms with E-state index >= 15 is 0 Å². The average molecular weight is 230 g/mol. The molecule has 0 fully saturated rings. The Labute approximate surface area is 102 Å². The van der Waals surface area contributed by atoms with Crippen LogP contribution in [0.1, 0.15) is 25.5 Å². The number of hydrogen-bond acceptors (Lipinski definition) is 3. The van der Waals surface area contributed by atoms with Gasteiger partial charge in [-0.05, 0) is 25.1 Å². The fourth-order valence-electron chi connectivity index (χ4n) is 1.94. The summed E-state index contributed by atoms with van der Waals surface area (Å²) < 4.78 is 1.79. The van der Waals surface area contributed by atoms with Gasteiger partial charge in [-0.15, -0.1) is 5.10 Å². The molecule has 2 rings (SSSR count). The van der Waals surface area contributed by atoms with Gasteiger partial charge in [-0.2, -0.15) is 0 Å². The Morgan fingerprint density at radius 2 is 2.24 bits per heavy atom.